The van der Waals surface area contributed by atoms with Gasteiger partial charge in [-0.05, 0) is 19.4 Å². The highest BCUT2D eigenvalue weighted by atomic mass is 32.2. The normalized spacial score (nSPS) is 32.4. The molecule has 0 aromatic heterocycles. The summed E-state index contributed by atoms with van der Waals surface area (Å²) in [7, 11) is -2.83. The molecule has 3 fully saturated rings. The summed E-state index contributed by atoms with van der Waals surface area (Å²) in [5, 5.41) is 3.56. The first-order chi connectivity index (χ1) is 8.99. The fourth-order valence-corrected chi connectivity index (χ4v) is 3.99. The molecule has 3 heterocycles. The minimum absolute atomic E-state index is 0.311. The van der Waals surface area contributed by atoms with Gasteiger partial charge >= 0.3 is 0 Å². The number of fused-ring (bicyclic) bond motifs is 3. The van der Waals surface area contributed by atoms with Crippen LogP contribution in [0.15, 0.2) is 0 Å². The van der Waals surface area contributed by atoms with Crippen molar-refractivity contribution in [3.05, 3.63) is 0 Å². The van der Waals surface area contributed by atoms with Crippen LogP contribution in [0.3, 0.4) is 0 Å². The van der Waals surface area contributed by atoms with Crippen LogP contribution < -0.4 is 5.32 Å². The molecule has 0 aromatic carbocycles. The van der Waals surface area contributed by atoms with Crippen molar-refractivity contribution >= 4 is 9.84 Å². The van der Waals surface area contributed by atoms with Gasteiger partial charge in [0.25, 0.3) is 0 Å². The summed E-state index contributed by atoms with van der Waals surface area (Å²) in [5.41, 5.74) is 0. The standard InChI is InChI=1S/C13H27N3O2S/c1-3-14-12(5-4-10-19(2,17)18)13-11-15-6-8-16(13)9-7-15/h12-14H,3-11H2,1-2H3. The summed E-state index contributed by atoms with van der Waals surface area (Å²) in [6, 6.07) is 0.983. The number of hydrogen-bond donors (Lipinski definition) is 1. The van der Waals surface area contributed by atoms with E-state index in [9.17, 15) is 8.42 Å². The zero-order chi connectivity index (χ0) is 13.9. The van der Waals surface area contributed by atoms with Gasteiger partial charge in [-0.15, -0.1) is 0 Å². The van der Waals surface area contributed by atoms with E-state index in [2.05, 4.69) is 22.0 Å². The van der Waals surface area contributed by atoms with E-state index in [0.29, 0.717) is 17.8 Å². The van der Waals surface area contributed by atoms with Crippen LogP contribution >= 0.6 is 0 Å². The molecule has 0 aromatic rings. The summed E-state index contributed by atoms with van der Waals surface area (Å²) < 4.78 is 22.5. The van der Waals surface area contributed by atoms with Crippen molar-refractivity contribution in [2.45, 2.75) is 31.8 Å². The first-order valence-electron chi connectivity index (χ1n) is 7.37. The lowest BCUT2D eigenvalue weighted by molar-refractivity contribution is -0.00427. The summed E-state index contributed by atoms with van der Waals surface area (Å²) in [6.45, 7) is 8.93. The van der Waals surface area contributed by atoms with Crippen LogP contribution in [0.1, 0.15) is 19.8 Å². The molecule has 5 nitrogen and oxygen atoms in total. The van der Waals surface area contributed by atoms with Crippen molar-refractivity contribution in [1.29, 1.82) is 0 Å². The number of sulfone groups is 1. The van der Waals surface area contributed by atoms with Gasteiger partial charge in [0.2, 0.25) is 0 Å². The molecule has 0 spiro atoms. The Kier molecular flexibility index (Phi) is 5.22. The van der Waals surface area contributed by atoms with E-state index in [1.807, 2.05) is 0 Å². The van der Waals surface area contributed by atoms with Crippen molar-refractivity contribution in [1.82, 2.24) is 15.1 Å². The molecule has 3 rings (SSSR count). The zero-order valence-electron chi connectivity index (χ0n) is 12.1. The minimum Gasteiger partial charge on any atom is -0.313 e. The molecule has 2 unspecified atom stereocenters. The lowest BCUT2D eigenvalue weighted by Crippen LogP contribution is -2.66. The quantitative estimate of drug-likeness (QED) is 0.703. The Morgan fingerprint density at radius 3 is 2.42 bits per heavy atom. The highest BCUT2D eigenvalue weighted by molar-refractivity contribution is 7.90. The Morgan fingerprint density at radius 2 is 1.95 bits per heavy atom. The molecule has 112 valence electrons. The second kappa shape index (κ2) is 6.52. The van der Waals surface area contributed by atoms with Crippen molar-refractivity contribution in [2.24, 2.45) is 0 Å². The van der Waals surface area contributed by atoms with E-state index >= 15 is 0 Å². The van der Waals surface area contributed by atoms with E-state index in [-0.39, 0.29) is 0 Å². The van der Waals surface area contributed by atoms with Crippen molar-refractivity contribution in [2.75, 3.05) is 51.3 Å². The summed E-state index contributed by atoms with van der Waals surface area (Å²) in [5.74, 6) is 0.311. The molecule has 3 aliphatic heterocycles. The summed E-state index contributed by atoms with van der Waals surface area (Å²) in [6.07, 6.45) is 3.05. The average Bonchev–Trinajstić information content (AvgIpc) is 2.37. The molecule has 0 amide bonds. The molecule has 2 atom stereocenters. The van der Waals surface area contributed by atoms with Crippen LogP contribution in [0.5, 0.6) is 0 Å². The van der Waals surface area contributed by atoms with Gasteiger partial charge in [0, 0.05) is 56.8 Å². The zero-order valence-corrected chi connectivity index (χ0v) is 13.0. The summed E-state index contributed by atoms with van der Waals surface area (Å²) in [4.78, 5) is 5.11. The molecule has 6 heteroatoms. The second-order valence-electron chi connectivity index (χ2n) is 5.84. The Hall–Kier alpha value is -0.170. The third-order valence-electron chi connectivity index (χ3n) is 4.28. The molecule has 19 heavy (non-hydrogen) atoms. The number of nitrogens with zero attached hydrogens (tertiary/aromatic N) is 2. The predicted octanol–water partition coefficient (Wildman–Crippen LogP) is -0.211. The van der Waals surface area contributed by atoms with E-state index in [0.717, 1.165) is 25.9 Å². The Balaban J connectivity index is 1.88. The maximum atomic E-state index is 11.2. The third-order valence-corrected chi connectivity index (χ3v) is 5.31. The fourth-order valence-electron chi connectivity index (χ4n) is 3.30. The first kappa shape index (κ1) is 15.2. The highest BCUT2D eigenvalue weighted by Gasteiger charge is 2.36. The van der Waals surface area contributed by atoms with Crippen LogP contribution in [-0.2, 0) is 9.84 Å². The van der Waals surface area contributed by atoms with Gasteiger partial charge < -0.3 is 5.32 Å². The molecule has 2 bridgehead atoms. The number of hydrogen-bond acceptors (Lipinski definition) is 5. The van der Waals surface area contributed by atoms with Crippen molar-refractivity contribution in [3.63, 3.8) is 0 Å². The Labute approximate surface area is 117 Å². The molecule has 0 radical (unpaired) electrons. The van der Waals surface area contributed by atoms with E-state index in [4.69, 9.17) is 0 Å². The van der Waals surface area contributed by atoms with Gasteiger partial charge in [-0.3, -0.25) is 9.80 Å². The maximum absolute atomic E-state index is 11.2. The molecule has 0 aliphatic carbocycles. The minimum atomic E-state index is -2.83. The van der Waals surface area contributed by atoms with E-state index in [1.165, 1.54) is 32.4 Å². The van der Waals surface area contributed by atoms with Crippen LogP contribution in [0.2, 0.25) is 0 Å². The molecule has 0 saturated carbocycles. The van der Waals surface area contributed by atoms with E-state index < -0.39 is 9.84 Å². The van der Waals surface area contributed by atoms with Gasteiger partial charge in [-0.25, -0.2) is 8.42 Å². The van der Waals surface area contributed by atoms with Gasteiger partial charge in [-0.1, -0.05) is 6.92 Å². The highest BCUT2D eigenvalue weighted by Crippen LogP contribution is 2.20. The van der Waals surface area contributed by atoms with Gasteiger partial charge in [0.1, 0.15) is 9.84 Å². The molecular formula is C13H27N3O2S. The van der Waals surface area contributed by atoms with Gasteiger partial charge in [0.05, 0.1) is 0 Å². The second-order valence-corrected chi connectivity index (χ2v) is 8.10. The molecule has 3 saturated heterocycles. The first-order valence-corrected chi connectivity index (χ1v) is 9.43. The number of nitrogens with one attached hydrogen (secondary N) is 1. The number of rotatable bonds is 7. The molecule has 1 N–H and O–H groups in total. The summed E-state index contributed by atoms with van der Waals surface area (Å²) >= 11 is 0. The topological polar surface area (TPSA) is 52.7 Å². The molecule has 3 aliphatic rings. The van der Waals surface area contributed by atoms with Crippen LogP contribution in [-0.4, -0.2) is 81.6 Å². The predicted molar refractivity (Wildman–Crippen MR) is 78.2 cm³/mol. The smallest absolute Gasteiger partial charge is 0.147 e. The van der Waals surface area contributed by atoms with Crippen LogP contribution in [0.4, 0.5) is 0 Å². The maximum Gasteiger partial charge on any atom is 0.147 e. The Bertz CT molecular complexity index is 377. The molecular weight excluding hydrogens is 262 g/mol. The van der Waals surface area contributed by atoms with Crippen LogP contribution in [0.25, 0.3) is 0 Å². The lowest BCUT2D eigenvalue weighted by Gasteiger charge is -2.50. The van der Waals surface area contributed by atoms with Gasteiger partial charge in [-0.2, -0.15) is 0 Å². The van der Waals surface area contributed by atoms with Crippen molar-refractivity contribution < 1.29 is 8.42 Å². The SMILES string of the molecule is CCNC(CCCS(C)(=O)=O)C1CN2CCN1CC2. The largest absolute Gasteiger partial charge is 0.313 e. The van der Waals surface area contributed by atoms with E-state index in [1.54, 1.807) is 0 Å². The third kappa shape index (κ3) is 4.41. The van der Waals surface area contributed by atoms with Gasteiger partial charge in [0.15, 0.2) is 0 Å². The Morgan fingerprint density at radius 1 is 1.26 bits per heavy atom. The van der Waals surface area contributed by atoms with Crippen LogP contribution in [0, 0.1) is 0 Å². The van der Waals surface area contributed by atoms with Crippen molar-refractivity contribution in [3.8, 4) is 0 Å². The number of likely N-dealkylation sites (N-methyl/N-ethyl adjacent to an activating group) is 1. The lowest BCUT2D eigenvalue weighted by atomic mass is 9.96. The number of piperazine rings is 3. The average molecular weight is 289 g/mol. The fraction of sp³-hybridized carbons (Fsp3) is 1.00. The monoisotopic (exact) mass is 289 g/mol.